The molecule has 0 radical (unpaired) electrons. The molecule has 0 fully saturated rings. The average Bonchev–Trinajstić information content (AvgIpc) is 3.11. The van der Waals surface area contributed by atoms with Gasteiger partial charge in [-0.05, 0) is 41.2 Å². The van der Waals surface area contributed by atoms with E-state index in [4.69, 9.17) is 0 Å². The molecule has 1 atom stereocenters. The van der Waals surface area contributed by atoms with Crippen molar-refractivity contribution in [2.75, 3.05) is 0 Å². The molecule has 0 saturated carbocycles. The molecule has 4 heteroatoms. The summed E-state index contributed by atoms with van der Waals surface area (Å²) in [6.07, 6.45) is 5.23. The summed E-state index contributed by atoms with van der Waals surface area (Å²) in [4.78, 5) is 4.66. The molecule has 0 aliphatic carbocycles. The highest BCUT2D eigenvalue weighted by Crippen LogP contribution is 2.28. The lowest BCUT2D eigenvalue weighted by molar-refractivity contribution is 0.199. The lowest BCUT2D eigenvalue weighted by atomic mass is 10.00. The lowest BCUT2D eigenvalue weighted by Gasteiger charge is -2.08. The highest BCUT2D eigenvalue weighted by molar-refractivity contribution is 5.78. The maximum absolute atomic E-state index is 9.84. The Labute approximate surface area is 159 Å². The zero-order valence-electron chi connectivity index (χ0n) is 15.8. The van der Waals surface area contributed by atoms with E-state index >= 15 is 0 Å². The molecule has 0 amide bonds. The van der Waals surface area contributed by atoms with E-state index in [-0.39, 0.29) is 0 Å². The van der Waals surface area contributed by atoms with Crippen LogP contribution in [-0.4, -0.2) is 19.7 Å². The SMILES string of the molecule is CC(C)c1ccc(-c2cnc3c(-c4cccc(C(C)O)c4)cnn3c2)cc1. The number of nitrogens with zero attached hydrogens (tertiary/aromatic N) is 3. The van der Waals surface area contributed by atoms with Crippen LogP contribution in [0, 0.1) is 0 Å². The first-order chi connectivity index (χ1) is 13.0. The third-order valence-electron chi connectivity index (χ3n) is 4.95. The normalized spacial score (nSPS) is 12.6. The van der Waals surface area contributed by atoms with E-state index in [1.165, 1.54) is 5.56 Å². The summed E-state index contributed by atoms with van der Waals surface area (Å²) >= 11 is 0. The largest absolute Gasteiger partial charge is 0.389 e. The molecule has 4 rings (SSSR count). The molecule has 0 aliphatic heterocycles. The van der Waals surface area contributed by atoms with Gasteiger partial charge in [-0.1, -0.05) is 56.3 Å². The van der Waals surface area contributed by atoms with Crippen LogP contribution in [0.1, 0.15) is 43.9 Å². The molecular formula is C23H23N3O. The van der Waals surface area contributed by atoms with Crippen molar-refractivity contribution in [3.63, 3.8) is 0 Å². The van der Waals surface area contributed by atoms with Crippen molar-refractivity contribution in [3.05, 3.63) is 78.2 Å². The fourth-order valence-electron chi connectivity index (χ4n) is 3.25. The van der Waals surface area contributed by atoms with Crippen LogP contribution < -0.4 is 0 Å². The Morgan fingerprint density at radius 3 is 2.33 bits per heavy atom. The molecule has 2 aromatic heterocycles. The average molecular weight is 357 g/mol. The van der Waals surface area contributed by atoms with E-state index < -0.39 is 6.10 Å². The van der Waals surface area contributed by atoms with Crippen molar-refractivity contribution in [3.8, 4) is 22.3 Å². The number of aliphatic hydroxyl groups excluding tert-OH is 1. The minimum atomic E-state index is -0.500. The third-order valence-corrected chi connectivity index (χ3v) is 4.95. The second kappa shape index (κ2) is 6.97. The van der Waals surface area contributed by atoms with Crippen LogP contribution >= 0.6 is 0 Å². The molecular weight excluding hydrogens is 334 g/mol. The monoisotopic (exact) mass is 357 g/mol. The van der Waals surface area contributed by atoms with Crippen molar-refractivity contribution in [2.45, 2.75) is 32.8 Å². The second-order valence-electron chi connectivity index (χ2n) is 7.25. The predicted molar refractivity (Wildman–Crippen MR) is 109 cm³/mol. The number of hydrogen-bond donors (Lipinski definition) is 1. The molecule has 1 unspecified atom stereocenters. The van der Waals surface area contributed by atoms with Gasteiger partial charge in [0.2, 0.25) is 0 Å². The first-order valence-electron chi connectivity index (χ1n) is 9.25. The molecule has 1 N–H and O–H groups in total. The Kier molecular flexibility index (Phi) is 4.50. The molecule has 2 aromatic carbocycles. The summed E-state index contributed by atoms with van der Waals surface area (Å²) in [5.74, 6) is 0.519. The van der Waals surface area contributed by atoms with E-state index in [1.54, 1.807) is 6.92 Å². The maximum Gasteiger partial charge on any atom is 0.162 e. The number of rotatable bonds is 4. The zero-order chi connectivity index (χ0) is 19.0. The van der Waals surface area contributed by atoms with Gasteiger partial charge in [-0.3, -0.25) is 0 Å². The minimum absolute atomic E-state index is 0.500. The molecule has 2 heterocycles. The maximum atomic E-state index is 9.84. The third kappa shape index (κ3) is 3.36. The van der Waals surface area contributed by atoms with Gasteiger partial charge in [0.15, 0.2) is 5.65 Å². The molecule has 136 valence electrons. The van der Waals surface area contributed by atoms with Gasteiger partial charge in [0.25, 0.3) is 0 Å². The number of benzene rings is 2. The molecule has 27 heavy (non-hydrogen) atoms. The second-order valence-corrected chi connectivity index (χ2v) is 7.25. The minimum Gasteiger partial charge on any atom is -0.389 e. The first-order valence-corrected chi connectivity index (χ1v) is 9.25. The Morgan fingerprint density at radius 1 is 0.852 bits per heavy atom. The fourth-order valence-corrected chi connectivity index (χ4v) is 3.25. The Balaban J connectivity index is 1.72. The number of aromatic nitrogens is 3. The smallest absolute Gasteiger partial charge is 0.162 e. The van der Waals surface area contributed by atoms with E-state index in [1.807, 2.05) is 47.4 Å². The van der Waals surface area contributed by atoms with E-state index in [0.29, 0.717) is 5.92 Å². The summed E-state index contributed by atoms with van der Waals surface area (Å²) in [5.41, 5.74) is 7.14. The summed E-state index contributed by atoms with van der Waals surface area (Å²) < 4.78 is 1.82. The van der Waals surface area contributed by atoms with E-state index in [2.05, 4.69) is 48.2 Å². The number of hydrogen-bond acceptors (Lipinski definition) is 3. The van der Waals surface area contributed by atoms with Gasteiger partial charge in [-0.2, -0.15) is 5.10 Å². The van der Waals surface area contributed by atoms with Crippen molar-refractivity contribution in [1.82, 2.24) is 14.6 Å². The van der Waals surface area contributed by atoms with Crippen molar-refractivity contribution in [1.29, 1.82) is 0 Å². The van der Waals surface area contributed by atoms with Gasteiger partial charge in [0.1, 0.15) is 0 Å². The van der Waals surface area contributed by atoms with Gasteiger partial charge in [0.05, 0.1) is 12.3 Å². The first kappa shape index (κ1) is 17.4. The fraction of sp³-hybridized carbons (Fsp3) is 0.217. The van der Waals surface area contributed by atoms with Crippen LogP contribution in [0.3, 0.4) is 0 Å². The van der Waals surface area contributed by atoms with Gasteiger partial charge in [0, 0.05) is 23.5 Å². The topological polar surface area (TPSA) is 50.4 Å². The number of aliphatic hydroxyl groups is 1. The zero-order valence-corrected chi connectivity index (χ0v) is 15.8. The van der Waals surface area contributed by atoms with E-state index in [0.717, 1.165) is 33.5 Å². The highest BCUT2D eigenvalue weighted by atomic mass is 16.3. The Bertz CT molecular complexity index is 1080. The van der Waals surface area contributed by atoms with Crippen LogP contribution in [-0.2, 0) is 0 Å². The van der Waals surface area contributed by atoms with Crippen molar-refractivity contribution < 1.29 is 5.11 Å². The molecule has 0 spiro atoms. The predicted octanol–water partition coefficient (Wildman–Crippen LogP) is 5.24. The molecule has 0 aliphatic rings. The summed E-state index contributed by atoms with van der Waals surface area (Å²) in [6.45, 7) is 6.16. The van der Waals surface area contributed by atoms with Crippen LogP contribution in [0.4, 0.5) is 0 Å². The van der Waals surface area contributed by atoms with E-state index in [9.17, 15) is 5.11 Å². The quantitative estimate of drug-likeness (QED) is 0.543. The summed E-state index contributed by atoms with van der Waals surface area (Å²) in [7, 11) is 0. The van der Waals surface area contributed by atoms with Crippen LogP contribution in [0.15, 0.2) is 67.1 Å². The van der Waals surface area contributed by atoms with Crippen molar-refractivity contribution >= 4 is 5.65 Å². The van der Waals surface area contributed by atoms with Gasteiger partial charge in [-0.15, -0.1) is 0 Å². The summed E-state index contributed by atoms with van der Waals surface area (Å²) in [5, 5.41) is 14.3. The molecule has 0 saturated heterocycles. The van der Waals surface area contributed by atoms with Gasteiger partial charge >= 0.3 is 0 Å². The lowest BCUT2D eigenvalue weighted by Crippen LogP contribution is -1.93. The number of fused-ring (bicyclic) bond motifs is 1. The van der Waals surface area contributed by atoms with Crippen molar-refractivity contribution in [2.24, 2.45) is 0 Å². The Morgan fingerprint density at radius 2 is 1.63 bits per heavy atom. The van der Waals surface area contributed by atoms with Crippen LogP contribution in [0.25, 0.3) is 27.9 Å². The molecule has 4 aromatic rings. The molecule has 4 nitrogen and oxygen atoms in total. The van der Waals surface area contributed by atoms with Crippen LogP contribution in [0.2, 0.25) is 0 Å². The van der Waals surface area contributed by atoms with Gasteiger partial charge < -0.3 is 5.11 Å². The summed E-state index contributed by atoms with van der Waals surface area (Å²) in [6, 6.07) is 16.5. The van der Waals surface area contributed by atoms with Crippen LogP contribution in [0.5, 0.6) is 0 Å². The highest BCUT2D eigenvalue weighted by Gasteiger charge is 2.11. The molecule has 0 bridgehead atoms. The standard InChI is InChI=1S/C23H23N3O/c1-15(2)17-7-9-18(10-8-17)21-12-24-23-22(13-25-26(23)14-21)20-6-4-5-19(11-20)16(3)27/h4-16,27H,1-3H3. The Hall–Kier alpha value is -2.98. The van der Waals surface area contributed by atoms with Gasteiger partial charge in [-0.25, -0.2) is 9.50 Å².